The number of hydrogen-bond donors (Lipinski definition) is 1. The van der Waals surface area contributed by atoms with E-state index in [1.165, 1.54) is 51.4 Å². The predicted octanol–water partition coefficient (Wildman–Crippen LogP) is 6.00. The molecule has 5 heteroatoms. The van der Waals surface area contributed by atoms with Gasteiger partial charge in [-0.05, 0) is 50.2 Å². The second-order valence-electron chi connectivity index (χ2n) is 6.76. The molecule has 0 unspecified atom stereocenters. The molecule has 1 aromatic carbocycles. The number of aryl methyl sites for hydroxylation is 1. The molecule has 2 saturated carbocycles. The summed E-state index contributed by atoms with van der Waals surface area (Å²) >= 11 is -0.826. The molecule has 0 aromatic heterocycles. The fraction of sp³-hybridized carbons (Fsp3) is 0.611. The van der Waals surface area contributed by atoms with Crippen LogP contribution in [0.3, 0.4) is 0 Å². The summed E-state index contributed by atoms with van der Waals surface area (Å²) < 4.78 is 0. The number of para-hydroxylation sites is 1. The molecule has 2 nitrogen and oxygen atoms in total. The average Bonchev–Trinajstić information content (AvgIpc) is 2.83. The molecule has 0 amide bonds. The van der Waals surface area contributed by atoms with Crippen molar-refractivity contribution in [3.63, 3.8) is 0 Å². The Balaban J connectivity index is 0.000000595. The van der Waals surface area contributed by atoms with Crippen LogP contribution >= 0.6 is 17.0 Å². The molecule has 126 valence electrons. The van der Waals surface area contributed by atoms with Crippen LogP contribution < -0.4 is 0 Å². The number of phenolic OH excluding ortho intramolecular Hbond substituents is 1. The summed E-state index contributed by atoms with van der Waals surface area (Å²) in [6.07, 6.45) is 12.4. The number of benzene rings is 1. The monoisotopic (exact) mass is 431 g/mol. The zero-order valence-electron chi connectivity index (χ0n) is 13.7. The molecule has 1 N–H and O–H groups in total. The van der Waals surface area contributed by atoms with Gasteiger partial charge in [0.25, 0.3) is 0 Å². The fourth-order valence-corrected chi connectivity index (χ4v) is 3.91. The van der Waals surface area contributed by atoms with Crippen molar-refractivity contribution in [3.05, 3.63) is 29.3 Å². The minimum atomic E-state index is -0.826. The average molecular weight is 434 g/mol. The van der Waals surface area contributed by atoms with Gasteiger partial charge in [-0.2, -0.15) is 0 Å². The standard InChI is InChI=1S/C18H25NO.2ClH.Zr/c1-14-5-2-8-16(17(14)20)13-19-18-10-3-6-15(9-12-18)7-4-11-18;;;/h2,5,8,13,15,20H,3-4,6-7,9-12H2,1H3;2*1H;/q;;;+2/p-2. The Morgan fingerprint density at radius 1 is 1.17 bits per heavy atom. The first-order valence-electron chi connectivity index (χ1n) is 8.40. The van der Waals surface area contributed by atoms with Gasteiger partial charge in [0.05, 0.1) is 5.54 Å². The van der Waals surface area contributed by atoms with Gasteiger partial charge in [0.1, 0.15) is 5.75 Å². The summed E-state index contributed by atoms with van der Waals surface area (Å²) in [5.74, 6) is 1.33. The van der Waals surface area contributed by atoms with Crippen molar-refractivity contribution in [2.24, 2.45) is 10.9 Å². The summed E-state index contributed by atoms with van der Waals surface area (Å²) in [5.41, 5.74) is 1.94. The van der Waals surface area contributed by atoms with Crippen LogP contribution in [0, 0.1) is 12.8 Å². The molecule has 0 atom stereocenters. The van der Waals surface area contributed by atoms with E-state index < -0.39 is 20.8 Å². The van der Waals surface area contributed by atoms with Gasteiger partial charge in [-0.3, -0.25) is 4.99 Å². The zero-order valence-corrected chi connectivity index (χ0v) is 17.7. The first-order valence-corrected chi connectivity index (χ1v) is 14.7. The van der Waals surface area contributed by atoms with Crippen LogP contribution in [0.15, 0.2) is 23.2 Å². The van der Waals surface area contributed by atoms with Crippen molar-refractivity contribution in [3.8, 4) is 5.75 Å². The number of fused-ring (bicyclic) bond motifs is 3. The van der Waals surface area contributed by atoms with Gasteiger partial charge < -0.3 is 5.11 Å². The normalized spacial score (nSPS) is 27.0. The summed E-state index contributed by atoms with van der Waals surface area (Å²) in [5, 5.41) is 10.1. The van der Waals surface area contributed by atoms with Crippen LogP contribution in [-0.2, 0) is 20.8 Å². The number of aromatic hydroxyl groups is 1. The van der Waals surface area contributed by atoms with E-state index in [2.05, 4.69) is 0 Å². The second kappa shape index (κ2) is 9.59. The van der Waals surface area contributed by atoms with Gasteiger partial charge in [0.2, 0.25) is 0 Å². The second-order valence-corrected chi connectivity index (χ2v) is 10.5. The molecule has 0 saturated heterocycles. The van der Waals surface area contributed by atoms with E-state index >= 15 is 0 Å². The van der Waals surface area contributed by atoms with E-state index in [9.17, 15) is 5.11 Å². The first kappa shape index (κ1) is 19.5. The number of nitrogens with zero attached hydrogens (tertiary/aromatic N) is 1. The fourth-order valence-electron chi connectivity index (χ4n) is 3.91. The Morgan fingerprint density at radius 3 is 2.48 bits per heavy atom. The molecular weight excluding hydrogens is 408 g/mol. The van der Waals surface area contributed by atoms with Crippen LogP contribution in [0.2, 0.25) is 0 Å². The molecule has 0 spiro atoms. The van der Waals surface area contributed by atoms with Crippen molar-refractivity contribution in [1.29, 1.82) is 0 Å². The molecule has 0 aliphatic heterocycles. The number of halogens is 2. The Labute approximate surface area is 158 Å². The van der Waals surface area contributed by atoms with Gasteiger partial charge in [-0.15, -0.1) is 0 Å². The number of aliphatic imine (C=N–C) groups is 1. The third-order valence-electron chi connectivity index (χ3n) is 5.27. The van der Waals surface area contributed by atoms with E-state index in [1.54, 1.807) is 0 Å². The number of phenols is 1. The maximum atomic E-state index is 10.1. The molecule has 2 aliphatic rings. The Morgan fingerprint density at radius 2 is 1.83 bits per heavy atom. The molecule has 23 heavy (non-hydrogen) atoms. The van der Waals surface area contributed by atoms with Crippen molar-refractivity contribution in [2.45, 2.75) is 63.8 Å². The van der Waals surface area contributed by atoms with Crippen molar-refractivity contribution >= 4 is 23.2 Å². The van der Waals surface area contributed by atoms with Crippen molar-refractivity contribution < 1.29 is 26.0 Å². The molecule has 0 radical (unpaired) electrons. The molecule has 0 heterocycles. The van der Waals surface area contributed by atoms with Gasteiger partial charge in [0.15, 0.2) is 0 Å². The van der Waals surface area contributed by atoms with E-state index in [0.29, 0.717) is 5.75 Å². The van der Waals surface area contributed by atoms with E-state index in [0.717, 1.165) is 17.0 Å². The maximum absolute atomic E-state index is 10.1. The molecular formula is C18H25Cl2NOZr. The summed E-state index contributed by atoms with van der Waals surface area (Å²) in [6.45, 7) is 1.94. The Hall–Kier alpha value is 0.153. The third-order valence-corrected chi connectivity index (χ3v) is 5.27. The van der Waals surface area contributed by atoms with Gasteiger partial charge >= 0.3 is 37.9 Å². The third kappa shape index (κ3) is 5.58. The summed E-state index contributed by atoms with van der Waals surface area (Å²) in [4.78, 5) is 4.98. The van der Waals surface area contributed by atoms with Crippen molar-refractivity contribution in [1.82, 2.24) is 0 Å². The first-order chi connectivity index (χ1) is 11.1. The minimum absolute atomic E-state index is 0.154. The quantitative estimate of drug-likeness (QED) is 0.570. The molecule has 2 aliphatic carbocycles. The Bertz CT molecular complexity index is 526. The molecule has 2 bridgehead atoms. The van der Waals surface area contributed by atoms with E-state index in [4.69, 9.17) is 22.0 Å². The summed E-state index contributed by atoms with van der Waals surface area (Å²) in [6, 6.07) is 5.88. The van der Waals surface area contributed by atoms with Crippen LogP contribution in [0.5, 0.6) is 5.75 Å². The predicted molar refractivity (Wildman–Crippen MR) is 95.3 cm³/mol. The van der Waals surface area contributed by atoms with E-state index in [1.807, 2.05) is 31.3 Å². The van der Waals surface area contributed by atoms with Crippen LogP contribution in [0.25, 0.3) is 0 Å². The topological polar surface area (TPSA) is 32.6 Å². The summed E-state index contributed by atoms with van der Waals surface area (Å²) in [7, 11) is 9.87. The van der Waals surface area contributed by atoms with Crippen LogP contribution in [0.1, 0.15) is 62.5 Å². The SMILES string of the molecule is Cc1cccc(C=NC23CCCC(CCC2)CC3)c1O.[Cl][Zr][Cl]. The van der Waals surface area contributed by atoms with Gasteiger partial charge in [-0.1, -0.05) is 37.8 Å². The van der Waals surface area contributed by atoms with Crippen LogP contribution in [-0.4, -0.2) is 16.9 Å². The zero-order chi connectivity index (χ0) is 16.7. The van der Waals surface area contributed by atoms with Crippen molar-refractivity contribution in [2.75, 3.05) is 0 Å². The molecule has 3 rings (SSSR count). The number of rotatable bonds is 2. The molecule has 1 aromatic rings. The van der Waals surface area contributed by atoms with Gasteiger partial charge in [-0.25, -0.2) is 0 Å². The molecule has 2 fully saturated rings. The van der Waals surface area contributed by atoms with Crippen LogP contribution in [0.4, 0.5) is 0 Å². The van der Waals surface area contributed by atoms with E-state index in [-0.39, 0.29) is 5.54 Å². The number of hydrogen-bond acceptors (Lipinski definition) is 2. The van der Waals surface area contributed by atoms with Gasteiger partial charge in [0, 0.05) is 11.8 Å². The Kier molecular flexibility index (Phi) is 8.12.